The van der Waals surface area contributed by atoms with Crippen LogP contribution in [-0.4, -0.2) is 23.2 Å². The predicted molar refractivity (Wildman–Crippen MR) is 82.0 cm³/mol. The summed E-state index contributed by atoms with van der Waals surface area (Å²) in [5, 5.41) is 7.37. The highest BCUT2D eigenvalue weighted by molar-refractivity contribution is 7.99. The third-order valence-electron chi connectivity index (χ3n) is 3.15. The molecule has 0 aliphatic carbocycles. The van der Waals surface area contributed by atoms with Gasteiger partial charge >= 0.3 is 0 Å². The minimum absolute atomic E-state index is 0.156. The number of hydrogen-bond acceptors (Lipinski definition) is 5. The van der Waals surface area contributed by atoms with Gasteiger partial charge in [-0.3, -0.25) is 0 Å². The van der Waals surface area contributed by atoms with Gasteiger partial charge in [-0.15, -0.1) is 11.8 Å². The molecule has 0 fully saturated rings. The van der Waals surface area contributed by atoms with Gasteiger partial charge in [0.2, 0.25) is 5.89 Å². The van der Waals surface area contributed by atoms with Crippen molar-refractivity contribution in [2.45, 2.75) is 43.4 Å². The van der Waals surface area contributed by atoms with E-state index in [-0.39, 0.29) is 5.25 Å². The first kappa shape index (κ1) is 15.1. The number of nitrogens with zero attached hydrogens (tertiary/aromatic N) is 2. The van der Waals surface area contributed by atoms with Crippen LogP contribution >= 0.6 is 11.8 Å². The fraction of sp³-hybridized carbons (Fsp3) is 0.467. The molecule has 2 atom stereocenters. The lowest BCUT2D eigenvalue weighted by atomic mass is 10.2. The van der Waals surface area contributed by atoms with Crippen molar-refractivity contribution in [2.24, 2.45) is 0 Å². The van der Waals surface area contributed by atoms with Gasteiger partial charge in [-0.1, -0.05) is 22.9 Å². The smallest absolute Gasteiger partial charge is 0.239 e. The average Bonchev–Trinajstić information content (AvgIpc) is 2.89. The van der Waals surface area contributed by atoms with Crippen LogP contribution in [0.4, 0.5) is 0 Å². The Labute approximate surface area is 124 Å². The quantitative estimate of drug-likeness (QED) is 0.827. The van der Waals surface area contributed by atoms with Crippen molar-refractivity contribution in [2.75, 3.05) is 7.05 Å². The summed E-state index contributed by atoms with van der Waals surface area (Å²) < 4.78 is 5.36. The molecule has 0 saturated carbocycles. The molecular formula is C15H21N3OS. The van der Waals surface area contributed by atoms with Gasteiger partial charge in [0.05, 0.1) is 5.25 Å². The van der Waals surface area contributed by atoms with E-state index in [4.69, 9.17) is 4.52 Å². The summed E-state index contributed by atoms with van der Waals surface area (Å²) in [4.78, 5) is 5.69. The number of nitrogens with one attached hydrogen (secondary N) is 1. The zero-order chi connectivity index (χ0) is 14.5. The van der Waals surface area contributed by atoms with E-state index in [1.54, 1.807) is 11.8 Å². The first-order valence-corrected chi connectivity index (χ1v) is 7.69. The molecule has 108 valence electrons. The molecule has 1 aromatic heterocycles. The monoisotopic (exact) mass is 291 g/mol. The van der Waals surface area contributed by atoms with Gasteiger partial charge in [0.15, 0.2) is 5.82 Å². The standard InChI is InChI=1S/C15H21N3OS/c1-10-5-7-13(8-6-10)20-12(3)15-17-14(18-19-15)9-11(2)16-4/h5-8,11-12,16H,9H2,1-4H3. The predicted octanol–water partition coefficient (Wildman–Crippen LogP) is 3.38. The molecule has 4 nitrogen and oxygen atoms in total. The third kappa shape index (κ3) is 4.08. The Morgan fingerprint density at radius 2 is 1.95 bits per heavy atom. The molecule has 2 unspecified atom stereocenters. The van der Waals surface area contributed by atoms with Crippen LogP contribution in [0.2, 0.25) is 0 Å². The number of benzene rings is 1. The SMILES string of the molecule is CNC(C)Cc1noc(C(C)Sc2ccc(C)cc2)n1. The summed E-state index contributed by atoms with van der Waals surface area (Å²) in [5.74, 6) is 1.45. The lowest BCUT2D eigenvalue weighted by Gasteiger charge is -2.07. The van der Waals surface area contributed by atoms with Crippen molar-refractivity contribution in [1.82, 2.24) is 15.5 Å². The Morgan fingerprint density at radius 3 is 2.60 bits per heavy atom. The second-order valence-corrected chi connectivity index (χ2v) is 6.43. The molecule has 1 N–H and O–H groups in total. The molecule has 0 amide bonds. The molecule has 2 aromatic rings. The second kappa shape index (κ2) is 6.90. The van der Waals surface area contributed by atoms with Crippen LogP contribution in [0.15, 0.2) is 33.7 Å². The highest BCUT2D eigenvalue weighted by atomic mass is 32.2. The molecule has 1 aromatic carbocycles. The number of hydrogen-bond donors (Lipinski definition) is 1. The van der Waals surface area contributed by atoms with Gasteiger partial charge in [-0.2, -0.15) is 4.98 Å². The zero-order valence-electron chi connectivity index (χ0n) is 12.4. The number of rotatable bonds is 6. The van der Waals surface area contributed by atoms with Crippen molar-refractivity contribution in [1.29, 1.82) is 0 Å². The fourth-order valence-electron chi connectivity index (χ4n) is 1.76. The molecule has 0 radical (unpaired) electrons. The van der Waals surface area contributed by atoms with Gasteiger partial charge in [0, 0.05) is 17.4 Å². The molecule has 5 heteroatoms. The van der Waals surface area contributed by atoms with Crippen LogP contribution in [0, 0.1) is 6.92 Å². The van der Waals surface area contributed by atoms with E-state index in [2.05, 4.69) is 60.5 Å². The Bertz CT molecular complexity index is 538. The van der Waals surface area contributed by atoms with Crippen LogP contribution < -0.4 is 5.32 Å². The largest absolute Gasteiger partial charge is 0.338 e. The lowest BCUT2D eigenvalue weighted by molar-refractivity contribution is 0.373. The van der Waals surface area contributed by atoms with Gasteiger partial charge < -0.3 is 9.84 Å². The fourth-order valence-corrected chi connectivity index (χ4v) is 2.66. The van der Waals surface area contributed by atoms with Gasteiger partial charge in [0.1, 0.15) is 0 Å². The summed E-state index contributed by atoms with van der Waals surface area (Å²) >= 11 is 1.73. The average molecular weight is 291 g/mol. The van der Waals surface area contributed by atoms with Gasteiger partial charge in [-0.05, 0) is 40.0 Å². The van der Waals surface area contributed by atoms with E-state index in [9.17, 15) is 0 Å². The first-order chi connectivity index (χ1) is 9.58. The summed E-state index contributed by atoms with van der Waals surface area (Å²) in [6.07, 6.45) is 0.780. The Kier molecular flexibility index (Phi) is 5.20. The Morgan fingerprint density at radius 1 is 1.25 bits per heavy atom. The van der Waals surface area contributed by atoms with Crippen LogP contribution in [0.5, 0.6) is 0 Å². The Hall–Kier alpha value is -1.33. The minimum Gasteiger partial charge on any atom is -0.338 e. The van der Waals surface area contributed by atoms with Crippen molar-refractivity contribution in [3.05, 3.63) is 41.5 Å². The molecule has 0 spiro atoms. The van der Waals surface area contributed by atoms with E-state index in [0.29, 0.717) is 11.9 Å². The lowest BCUT2D eigenvalue weighted by Crippen LogP contribution is -2.24. The van der Waals surface area contributed by atoms with Gasteiger partial charge in [-0.25, -0.2) is 0 Å². The van der Waals surface area contributed by atoms with Crippen LogP contribution in [-0.2, 0) is 6.42 Å². The minimum atomic E-state index is 0.156. The molecule has 0 saturated heterocycles. The van der Waals surface area contributed by atoms with Gasteiger partial charge in [0.25, 0.3) is 0 Å². The summed E-state index contributed by atoms with van der Waals surface area (Å²) in [7, 11) is 1.93. The highest BCUT2D eigenvalue weighted by Crippen LogP contribution is 2.33. The third-order valence-corrected chi connectivity index (χ3v) is 4.25. The van der Waals surface area contributed by atoms with E-state index in [1.807, 2.05) is 7.05 Å². The van der Waals surface area contributed by atoms with Crippen LogP contribution in [0.1, 0.15) is 36.4 Å². The summed E-state index contributed by atoms with van der Waals surface area (Å²) in [6, 6.07) is 8.82. The number of likely N-dealkylation sites (N-methyl/N-ethyl adjacent to an activating group) is 1. The molecule has 0 bridgehead atoms. The van der Waals surface area contributed by atoms with Crippen molar-refractivity contribution < 1.29 is 4.52 Å². The maximum absolute atomic E-state index is 5.36. The van der Waals surface area contributed by atoms with Crippen molar-refractivity contribution >= 4 is 11.8 Å². The zero-order valence-corrected chi connectivity index (χ0v) is 13.2. The number of aryl methyl sites for hydroxylation is 1. The maximum atomic E-state index is 5.36. The summed E-state index contributed by atoms with van der Waals surface area (Å²) in [6.45, 7) is 6.27. The molecule has 1 heterocycles. The first-order valence-electron chi connectivity index (χ1n) is 6.81. The molecule has 2 rings (SSSR count). The van der Waals surface area contributed by atoms with E-state index in [0.717, 1.165) is 12.2 Å². The number of thioether (sulfide) groups is 1. The van der Waals surface area contributed by atoms with Crippen LogP contribution in [0.25, 0.3) is 0 Å². The second-order valence-electron chi connectivity index (χ2n) is 5.02. The van der Waals surface area contributed by atoms with Crippen molar-refractivity contribution in [3.8, 4) is 0 Å². The highest BCUT2D eigenvalue weighted by Gasteiger charge is 2.16. The molecule has 0 aliphatic rings. The maximum Gasteiger partial charge on any atom is 0.239 e. The molecule has 0 aliphatic heterocycles. The molecule has 20 heavy (non-hydrogen) atoms. The van der Waals surface area contributed by atoms with Crippen molar-refractivity contribution in [3.63, 3.8) is 0 Å². The normalized spacial score (nSPS) is 14.2. The topological polar surface area (TPSA) is 51.0 Å². The summed E-state index contributed by atoms with van der Waals surface area (Å²) in [5.41, 5.74) is 1.27. The van der Waals surface area contributed by atoms with E-state index in [1.165, 1.54) is 10.5 Å². The molecular weight excluding hydrogens is 270 g/mol. The van der Waals surface area contributed by atoms with E-state index < -0.39 is 0 Å². The number of aromatic nitrogens is 2. The van der Waals surface area contributed by atoms with E-state index >= 15 is 0 Å². The Balaban J connectivity index is 1.98. The van der Waals surface area contributed by atoms with Crippen LogP contribution in [0.3, 0.4) is 0 Å².